The molecular weight excluding hydrogens is 274 g/mol. The molecule has 1 atom stereocenters. The Labute approximate surface area is 125 Å². The van der Waals surface area contributed by atoms with Crippen molar-refractivity contribution in [3.63, 3.8) is 0 Å². The molecule has 3 rings (SSSR count). The van der Waals surface area contributed by atoms with E-state index in [4.69, 9.17) is 4.74 Å². The number of nitrogens with one attached hydrogen (secondary N) is 1. The van der Waals surface area contributed by atoms with Crippen molar-refractivity contribution < 1.29 is 9.53 Å². The molecule has 0 saturated carbocycles. The first kappa shape index (κ1) is 14.6. The maximum atomic E-state index is 12.4. The molecule has 1 amide bonds. The number of ether oxygens (including phenoxy) is 1. The summed E-state index contributed by atoms with van der Waals surface area (Å²) in [5.41, 5.74) is 0. The summed E-state index contributed by atoms with van der Waals surface area (Å²) in [7, 11) is 0. The van der Waals surface area contributed by atoms with Crippen molar-refractivity contribution in [2.45, 2.75) is 25.0 Å². The van der Waals surface area contributed by atoms with E-state index in [0.717, 1.165) is 32.5 Å². The summed E-state index contributed by atoms with van der Waals surface area (Å²) in [6.45, 7) is 6.41. The molecule has 6 heteroatoms. The predicted octanol–water partition coefficient (Wildman–Crippen LogP) is 0.0146. The third kappa shape index (κ3) is 3.47. The minimum Gasteiger partial charge on any atom is -0.366 e. The van der Waals surface area contributed by atoms with Gasteiger partial charge < -0.3 is 15.0 Å². The number of rotatable bonds is 2. The van der Waals surface area contributed by atoms with Crippen LogP contribution in [0.15, 0.2) is 0 Å². The number of piperidine rings is 1. The Morgan fingerprint density at radius 2 is 1.90 bits per heavy atom. The number of nitrogens with zero attached hydrogens (tertiary/aromatic N) is 2. The standard InChI is InChI=1S/C14H25N3O2S/c18-14(13-11-15-3-8-19-13)17-4-1-12(2-5-17)16-6-9-20-10-7-16/h12-13,15H,1-11H2/t13-/m1/s1. The fourth-order valence-corrected chi connectivity index (χ4v) is 4.25. The van der Waals surface area contributed by atoms with Crippen LogP contribution in [-0.4, -0.2) is 85.2 Å². The Kier molecular flexibility index (Phi) is 5.20. The van der Waals surface area contributed by atoms with Gasteiger partial charge >= 0.3 is 0 Å². The normalized spacial score (nSPS) is 30.4. The summed E-state index contributed by atoms with van der Waals surface area (Å²) >= 11 is 2.06. The van der Waals surface area contributed by atoms with Crippen molar-refractivity contribution >= 4 is 17.7 Å². The van der Waals surface area contributed by atoms with Crippen molar-refractivity contribution in [2.75, 3.05) is 57.4 Å². The topological polar surface area (TPSA) is 44.8 Å². The SMILES string of the molecule is O=C([C@H]1CNCCO1)N1CCC(N2CCSCC2)CC1. The van der Waals surface area contributed by atoms with Crippen LogP contribution in [0, 0.1) is 0 Å². The number of hydrogen-bond donors (Lipinski definition) is 1. The van der Waals surface area contributed by atoms with Gasteiger partial charge in [-0.1, -0.05) is 0 Å². The van der Waals surface area contributed by atoms with E-state index >= 15 is 0 Å². The fraction of sp³-hybridized carbons (Fsp3) is 0.929. The van der Waals surface area contributed by atoms with Crippen molar-refractivity contribution in [1.29, 1.82) is 0 Å². The van der Waals surface area contributed by atoms with E-state index < -0.39 is 0 Å². The molecule has 3 aliphatic rings. The van der Waals surface area contributed by atoms with Crippen LogP contribution < -0.4 is 5.32 Å². The molecule has 114 valence electrons. The van der Waals surface area contributed by atoms with E-state index in [1.54, 1.807) is 0 Å². The average Bonchev–Trinajstić information content (AvgIpc) is 2.56. The largest absolute Gasteiger partial charge is 0.366 e. The fourth-order valence-electron chi connectivity index (χ4n) is 3.32. The number of carbonyl (C=O) groups excluding carboxylic acids is 1. The van der Waals surface area contributed by atoms with Crippen LogP contribution in [0.3, 0.4) is 0 Å². The summed E-state index contributed by atoms with van der Waals surface area (Å²) in [6, 6.07) is 0.686. The number of thioether (sulfide) groups is 1. The Bertz CT molecular complexity index is 322. The lowest BCUT2D eigenvalue weighted by Gasteiger charge is -2.41. The van der Waals surface area contributed by atoms with Crippen LogP contribution in [0.4, 0.5) is 0 Å². The summed E-state index contributed by atoms with van der Waals surface area (Å²) < 4.78 is 5.57. The monoisotopic (exact) mass is 299 g/mol. The Morgan fingerprint density at radius 1 is 1.15 bits per heavy atom. The number of hydrogen-bond acceptors (Lipinski definition) is 5. The molecule has 0 spiro atoms. The zero-order chi connectivity index (χ0) is 13.8. The molecule has 0 aromatic carbocycles. The third-order valence-electron chi connectivity index (χ3n) is 4.54. The summed E-state index contributed by atoms with van der Waals surface area (Å²) in [4.78, 5) is 17.0. The summed E-state index contributed by atoms with van der Waals surface area (Å²) in [6.07, 6.45) is 1.99. The molecule has 0 aromatic rings. The second-order valence-electron chi connectivity index (χ2n) is 5.77. The highest BCUT2D eigenvalue weighted by Gasteiger charge is 2.31. The van der Waals surface area contributed by atoms with Gasteiger partial charge in [-0.2, -0.15) is 11.8 Å². The van der Waals surface area contributed by atoms with Crippen molar-refractivity contribution in [3.8, 4) is 0 Å². The Morgan fingerprint density at radius 3 is 2.55 bits per heavy atom. The highest BCUT2D eigenvalue weighted by Crippen LogP contribution is 2.21. The van der Waals surface area contributed by atoms with Crippen molar-refractivity contribution in [2.24, 2.45) is 0 Å². The second-order valence-corrected chi connectivity index (χ2v) is 6.99. The van der Waals surface area contributed by atoms with Gasteiger partial charge in [-0.15, -0.1) is 0 Å². The van der Waals surface area contributed by atoms with Crippen LogP contribution in [0.5, 0.6) is 0 Å². The predicted molar refractivity (Wildman–Crippen MR) is 81.1 cm³/mol. The van der Waals surface area contributed by atoms with Crippen LogP contribution in [0.1, 0.15) is 12.8 Å². The third-order valence-corrected chi connectivity index (χ3v) is 5.48. The molecule has 3 fully saturated rings. The lowest BCUT2D eigenvalue weighted by molar-refractivity contribution is -0.146. The molecule has 20 heavy (non-hydrogen) atoms. The average molecular weight is 299 g/mol. The summed E-state index contributed by atoms with van der Waals surface area (Å²) in [5, 5.41) is 3.23. The molecule has 3 saturated heterocycles. The first-order valence-electron chi connectivity index (χ1n) is 7.77. The van der Waals surface area contributed by atoms with E-state index in [9.17, 15) is 4.79 Å². The molecule has 0 radical (unpaired) electrons. The summed E-state index contributed by atoms with van der Waals surface area (Å²) in [5.74, 6) is 2.71. The number of amides is 1. The molecular formula is C14H25N3O2S. The van der Waals surface area contributed by atoms with E-state index in [1.165, 1.54) is 24.6 Å². The smallest absolute Gasteiger partial charge is 0.253 e. The van der Waals surface area contributed by atoms with Gasteiger partial charge in [0, 0.05) is 56.8 Å². The lowest BCUT2D eigenvalue weighted by Crippen LogP contribution is -2.54. The Balaban J connectivity index is 1.46. The number of likely N-dealkylation sites (tertiary alicyclic amines) is 1. The van der Waals surface area contributed by atoms with Gasteiger partial charge in [0.25, 0.3) is 5.91 Å². The van der Waals surface area contributed by atoms with E-state index in [-0.39, 0.29) is 12.0 Å². The van der Waals surface area contributed by atoms with E-state index in [2.05, 4.69) is 22.0 Å². The molecule has 0 bridgehead atoms. The second kappa shape index (κ2) is 7.11. The van der Waals surface area contributed by atoms with Crippen LogP contribution >= 0.6 is 11.8 Å². The van der Waals surface area contributed by atoms with E-state index in [1.807, 2.05) is 4.90 Å². The lowest BCUT2D eigenvalue weighted by atomic mass is 10.0. The van der Waals surface area contributed by atoms with Crippen LogP contribution in [-0.2, 0) is 9.53 Å². The molecule has 0 aliphatic carbocycles. The maximum absolute atomic E-state index is 12.4. The first-order valence-corrected chi connectivity index (χ1v) is 8.93. The molecule has 5 nitrogen and oxygen atoms in total. The van der Waals surface area contributed by atoms with Crippen molar-refractivity contribution in [1.82, 2.24) is 15.1 Å². The minimum atomic E-state index is -0.258. The molecule has 0 aromatic heterocycles. The quantitative estimate of drug-likeness (QED) is 0.778. The zero-order valence-corrected chi connectivity index (χ0v) is 12.9. The highest BCUT2D eigenvalue weighted by molar-refractivity contribution is 7.99. The molecule has 3 aliphatic heterocycles. The van der Waals surface area contributed by atoms with Gasteiger partial charge in [-0.05, 0) is 12.8 Å². The van der Waals surface area contributed by atoms with Crippen LogP contribution in [0.25, 0.3) is 0 Å². The van der Waals surface area contributed by atoms with Gasteiger partial charge in [0.05, 0.1) is 6.61 Å². The zero-order valence-electron chi connectivity index (χ0n) is 12.1. The van der Waals surface area contributed by atoms with Crippen molar-refractivity contribution in [3.05, 3.63) is 0 Å². The molecule has 1 N–H and O–H groups in total. The number of morpholine rings is 1. The molecule has 0 unspecified atom stereocenters. The number of carbonyl (C=O) groups is 1. The van der Waals surface area contributed by atoms with Gasteiger partial charge in [-0.25, -0.2) is 0 Å². The minimum absolute atomic E-state index is 0.185. The van der Waals surface area contributed by atoms with Gasteiger partial charge in [0.15, 0.2) is 0 Å². The van der Waals surface area contributed by atoms with E-state index in [0.29, 0.717) is 19.2 Å². The van der Waals surface area contributed by atoms with Gasteiger partial charge in [0.1, 0.15) is 6.10 Å². The van der Waals surface area contributed by atoms with Crippen LogP contribution in [0.2, 0.25) is 0 Å². The van der Waals surface area contributed by atoms with Gasteiger partial charge in [0.2, 0.25) is 0 Å². The highest BCUT2D eigenvalue weighted by atomic mass is 32.2. The maximum Gasteiger partial charge on any atom is 0.253 e. The molecule has 3 heterocycles. The first-order chi connectivity index (χ1) is 9.84. The van der Waals surface area contributed by atoms with Gasteiger partial charge in [-0.3, -0.25) is 9.69 Å². The Hall–Kier alpha value is -0.300.